The van der Waals surface area contributed by atoms with E-state index in [9.17, 15) is 13.2 Å². The summed E-state index contributed by atoms with van der Waals surface area (Å²) in [5.74, 6) is -0.209. The smallest absolute Gasteiger partial charge is 0.257 e. The van der Waals surface area contributed by atoms with Crippen LogP contribution in [0.4, 0.5) is 5.69 Å². The van der Waals surface area contributed by atoms with Crippen LogP contribution in [0.15, 0.2) is 58.8 Å². The molecule has 0 spiro atoms. The van der Waals surface area contributed by atoms with Crippen LogP contribution in [0.1, 0.15) is 23.2 Å². The number of nitrogens with one attached hydrogen (secondary N) is 2. The van der Waals surface area contributed by atoms with Crippen LogP contribution >= 0.6 is 11.3 Å². The standard InChI is InChI=1S/C18H16N2O3S2/c21-18(16-3-1-2-12-10-11-24-17(12)16)19-13-6-8-15(9-7-13)25(22,23)20-14-4-5-14/h1-3,6-11,14,20H,4-5H2,(H,19,21). The summed E-state index contributed by atoms with van der Waals surface area (Å²) < 4.78 is 27.9. The molecule has 0 bridgehead atoms. The third kappa shape index (κ3) is 3.44. The summed E-state index contributed by atoms with van der Waals surface area (Å²) in [6.45, 7) is 0. The van der Waals surface area contributed by atoms with Gasteiger partial charge in [-0.15, -0.1) is 11.3 Å². The van der Waals surface area contributed by atoms with Crippen LogP contribution in [-0.4, -0.2) is 20.4 Å². The summed E-state index contributed by atoms with van der Waals surface area (Å²) in [5, 5.41) is 5.81. The van der Waals surface area contributed by atoms with Gasteiger partial charge < -0.3 is 5.32 Å². The van der Waals surface area contributed by atoms with Crippen LogP contribution in [0, 0.1) is 0 Å². The zero-order chi connectivity index (χ0) is 17.4. The Balaban J connectivity index is 1.53. The van der Waals surface area contributed by atoms with E-state index >= 15 is 0 Å². The van der Waals surface area contributed by atoms with E-state index in [1.807, 2.05) is 23.6 Å². The van der Waals surface area contributed by atoms with E-state index in [4.69, 9.17) is 0 Å². The summed E-state index contributed by atoms with van der Waals surface area (Å²) in [5.41, 5.74) is 1.17. The van der Waals surface area contributed by atoms with E-state index in [0.29, 0.717) is 11.3 Å². The number of carbonyl (C=O) groups is 1. The molecule has 0 atom stereocenters. The van der Waals surface area contributed by atoms with Gasteiger partial charge in [0.05, 0.1) is 10.5 Å². The predicted octanol–water partition coefficient (Wildman–Crippen LogP) is 3.59. The Labute approximate surface area is 149 Å². The molecule has 2 aromatic carbocycles. The summed E-state index contributed by atoms with van der Waals surface area (Å²) in [7, 11) is -3.48. The molecule has 3 aromatic rings. The van der Waals surface area contributed by atoms with Crippen LogP contribution < -0.4 is 10.0 Å². The third-order valence-electron chi connectivity index (χ3n) is 4.05. The number of amides is 1. The van der Waals surface area contributed by atoms with Crippen molar-refractivity contribution in [3.63, 3.8) is 0 Å². The molecule has 1 amide bonds. The molecule has 25 heavy (non-hydrogen) atoms. The Hall–Kier alpha value is -2.22. The molecule has 0 aliphatic heterocycles. The highest BCUT2D eigenvalue weighted by Crippen LogP contribution is 2.26. The first-order valence-corrected chi connectivity index (χ1v) is 10.3. The van der Waals surface area contributed by atoms with E-state index in [-0.39, 0.29) is 16.8 Å². The number of hydrogen-bond acceptors (Lipinski definition) is 4. The van der Waals surface area contributed by atoms with Crippen LogP contribution in [-0.2, 0) is 10.0 Å². The normalized spacial score (nSPS) is 14.6. The Morgan fingerprint density at radius 2 is 1.80 bits per heavy atom. The van der Waals surface area contributed by atoms with Gasteiger partial charge in [0, 0.05) is 16.4 Å². The fourth-order valence-corrected chi connectivity index (χ4v) is 4.79. The van der Waals surface area contributed by atoms with Gasteiger partial charge in [0.25, 0.3) is 5.91 Å². The number of fused-ring (bicyclic) bond motifs is 1. The van der Waals surface area contributed by atoms with Crippen molar-refractivity contribution in [1.82, 2.24) is 4.72 Å². The van der Waals surface area contributed by atoms with Crippen molar-refractivity contribution in [1.29, 1.82) is 0 Å². The van der Waals surface area contributed by atoms with Gasteiger partial charge in [0.15, 0.2) is 0 Å². The van der Waals surface area contributed by atoms with Crippen molar-refractivity contribution in [2.45, 2.75) is 23.8 Å². The maximum absolute atomic E-state index is 12.5. The van der Waals surface area contributed by atoms with E-state index in [1.165, 1.54) is 23.5 Å². The molecule has 0 saturated heterocycles. The first-order valence-electron chi connectivity index (χ1n) is 7.93. The molecule has 2 N–H and O–H groups in total. The fraction of sp³-hybridized carbons (Fsp3) is 0.167. The Kier molecular flexibility index (Phi) is 4.07. The van der Waals surface area contributed by atoms with Crippen molar-refractivity contribution in [3.05, 3.63) is 59.5 Å². The highest BCUT2D eigenvalue weighted by atomic mass is 32.2. The fourth-order valence-electron chi connectivity index (χ4n) is 2.58. The van der Waals surface area contributed by atoms with Gasteiger partial charge in [-0.3, -0.25) is 4.79 Å². The van der Waals surface area contributed by atoms with Crippen molar-refractivity contribution < 1.29 is 13.2 Å². The molecule has 1 aromatic heterocycles. The largest absolute Gasteiger partial charge is 0.322 e. The number of anilines is 1. The topological polar surface area (TPSA) is 75.3 Å². The third-order valence-corrected chi connectivity index (χ3v) is 6.55. The van der Waals surface area contributed by atoms with Crippen LogP contribution in [0.25, 0.3) is 10.1 Å². The van der Waals surface area contributed by atoms with E-state index in [2.05, 4.69) is 10.0 Å². The van der Waals surface area contributed by atoms with Crippen molar-refractivity contribution >= 4 is 43.0 Å². The minimum absolute atomic E-state index is 0.0654. The molecule has 1 heterocycles. The lowest BCUT2D eigenvalue weighted by atomic mass is 10.1. The number of sulfonamides is 1. The molecule has 128 valence electrons. The summed E-state index contributed by atoms with van der Waals surface area (Å²) in [6.07, 6.45) is 1.78. The number of carbonyl (C=O) groups excluding carboxylic acids is 1. The summed E-state index contributed by atoms with van der Waals surface area (Å²) in [6, 6.07) is 13.9. The average molecular weight is 372 g/mol. The lowest BCUT2D eigenvalue weighted by molar-refractivity contribution is 0.102. The van der Waals surface area contributed by atoms with E-state index in [1.54, 1.807) is 18.2 Å². The molecule has 4 rings (SSSR count). The van der Waals surface area contributed by atoms with Crippen molar-refractivity contribution in [2.24, 2.45) is 0 Å². The molecular weight excluding hydrogens is 356 g/mol. The molecular formula is C18H16N2O3S2. The second-order valence-corrected chi connectivity index (χ2v) is 8.65. The highest BCUT2D eigenvalue weighted by molar-refractivity contribution is 7.89. The number of benzene rings is 2. The minimum atomic E-state index is -3.48. The first-order chi connectivity index (χ1) is 12.0. The van der Waals surface area contributed by atoms with Gasteiger partial charge in [-0.05, 0) is 60.0 Å². The van der Waals surface area contributed by atoms with Crippen LogP contribution in [0.2, 0.25) is 0 Å². The maximum Gasteiger partial charge on any atom is 0.257 e. The highest BCUT2D eigenvalue weighted by Gasteiger charge is 2.27. The molecule has 0 radical (unpaired) electrons. The second-order valence-electron chi connectivity index (χ2n) is 6.02. The number of thiophene rings is 1. The quantitative estimate of drug-likeness (QED) is 0.719. The summed E-state index contributed by atoms with van der Waals surface area (Å²) >= 11 is 1.52. The van der Waals surface area contributed by atoms with Gasteiger partial charge in [-0.1, -0.05) is 12.1 Å². The Bertz CT molecular complexity index is 1040. The second kappa shape index (κ2) is 6.25. The minimum Gasteiger partial charge on any atom is -0.322 e. The van der Waals surface area contributed by atoms with Crippen LogP contribution in [0.5, 0.6) is 0 Å². The SMILES string of the molecule is O=C(Nc1ccc(S(=O)(=O)NC2CC2)cc1)c1cccc2ccsc12. The molecule has 0 unspecified atom stereocenters. The van der Waals surface area contributed by atoms with Gasteiger partial charge in [-0.25, -0.2) is 13.1 Å². The summed E-state index contributed by atoms with van der Waals surface area (Å²) in [4.78, 5) is 12.7. The molecule has 1 aliphatic rings. The van der Waals surface area contributed by atoms with Crippen molar-refractivity contribution in [2.75, 3.05) is 5.32 Å². The monoisotopic (exact) mass is 372 g/mol. The maximum atomic E-state index is 12.5. The van der Waals surface area contributed by atoms with Gasteiger partial charge in [-0.2, -0.15) is 0 Å². The lowest BCUT2D eigenvalue weighted by Crippen LogP contribution is -2.25. The number of hydrogen-bond donors (Lipinski definition) is 2. The Morgan fingerprint density at radius 1 is 1.04 bits per heavy atom. The van der Waals surface area contributed by atoms with E-state index < -0.39 is 10.0 Å². The average Bonchev–Trinajstić information content (AvgIpc) is 3.26. The van der Waals surface area contributed by atoms with Crippen LogP contribution in [0.3, 0.4) is 0 Å². The number of rotatable bonds is 5. The van der Waals surface area contributed by atoms with Crippen molar-refractivity contribution in [3.8, 4) is 0 Å². The molecule has 5 nitrogen and oxygen atoms in total. The zero-order valence-corrected chi connectivity index (χ0v) is 14.9. The Morgan fingerprint density at radius 3 is 2.52 bits per heavy atom. The molecule has 1 fully saturated rings. The molecule has 1 saturated carbocycles. The molecule has 1 aliphatic carbocycles. The van der Waals surface area contributed by atoms with E-state index in [0.717, 1.165) is 22.9 Å². The molecule has 7 heteroatoms. The first kappa shape index (κ1) is 16.3. The predicted molar refractivity (Wildman–Crippen MR) is 99.6 cm³/mol. The zero-order valence-electron chi connectivity index (χ0n) is 13.2. The van der Waals surface area contributed by atoms with Gasteiger partial charge in [0.1, 0.15) is 0 Å². The van der Waals surface area contributed by atoms with Gasteiger partial charge in [0.2, 0.25) is 10.0 Å². The van der Waals surface area contributed by atoms with Gasteiger partial charge >= 0.3 is 0 Å². The lowest BCUT2D eigenvalue weighted by Gasteiger charge is -2.08.